The van der Waals surface area contributed by atoms with Gasteiger partial charge in [-0.1, -0.05) is 18.2 Å². The maximum Gasteiger partial charge on any atom is 0.257 e. The van der Waals surface area contributed by atoms with Gasteiger partial charge in [-0.15, -0.1) is 10.7 Å². The normalized spacial score (nSPS) is 17.1. The second kappa shape index (κ2) is 5.54. The van der Waals surface area contributed by atoms with E-state index in [4.69, 9.17) is 12.2 Å². The summed E-state index contributed by atoms with van der Waals surface area (Å²) in [5.41, 5.74) is 8.81. The number of guanidine groups is 1. The summed E-state index contributed by atoms with van der Waals surface area (Å²) in [7, 11) is 1.75. The number of benzene rings is 1. The number of amides is 1. The number of thiocarbonyl (C=S) groups is 1. The predicted octanol–water partition coefficient (Wildman–Crippen LogP) is -0.483. The van der Waals surface area contributed by atoms with Crippen molar-refractivity contribution in [2.75, 3.05) is 7.05 Å². The Morgan fingerprint density at radius 1 is 1.39 bits per heavy atom. The Balaban J connectivity index is 1.94. The number of hydrogen-bond donors (Lipinski definition) is 4. The third kappa shape index (κ3) is 3.23. The molecule has 0 radical (unpaired) electrons. The molecule has 1 aliphatic heterocycles. The summed E-state index contributed by atoms with van der Waals surface area (Å²) in [6.07, 6.45) is 0. The monoisotopic (exact) mass is 264 g/mol. The molecule has 1 aliphatic rings. The van der Waals surface area contributed by atoms with E-state index in [0.717, 1.165) is 0 Å². The lowest BCUT2D eigenvalue weighted by Gasteiger charge is -2.04. The van der Waals surface area contributed by atoms with Gasteiger partial charge < -0.3 is 0 Å². The Bertz CT molecular complexity index is 488. The minimum Gasteiger partial charge on any atom is -0.297 e. The van der Waals surface area contributed by atoms with Crippen molar-refractivity contribution in [3.63, 3.8) is 0 Å². The topological polar surface area (TPSA) is 80.8 Å². The molecule has 0 saturated carbocycles. The summed E-state index contributed by atoms with van der Waals surface area (Å²) >= 11 is 4.96. The van der Waals surface area contributed by atoms with E-state index in [0.29, 0.717) is 11.5 Å². The van der Waals surface area contributed by atoms with Gasteiger partial charge in [0.2, 0.25) is 11.1 Å². The summed E-state index contributed by atoms with van der Waals surface area (Å²) in [6.45, 7) is 0. The molecule has 18 heavy (non-hydrogen) atoms. The highest BCUT2D eigenvalue weighted by Crippen LogP contribution is 1.98. The van der Waals surface area contributed by atoms with Gasteiger partial charge in [-0.05, 0) is 24.4 Å². The van der Waals surface area contributed by atoms with Crippen LogP contribution in [0.5, 0.6) is 0 Å². The number of carbonyl (C=O) groups excluding carboxylic acids is 1. The summed E-state index contributed by atoms with van der Waals surface area (Å²) in [6, 6.07) is 8.80. The zero-order chi connectivity index (χ0) is 13.0. The van der Waals surface area contributed by atoms with E-state index < -0.39 is 0 Å². The molecular weight excluding hydrogens is 252 g/mol. The molecule has 0 unspecified atom stereocenters. The molecule has 1 amide bonds. The van der Waals surface area contributed by atoms with Crippen LogP contribution in [0, 0.1) is 0 Å². The molecule has 4 N–H and O–H groups in total. The molecule has 0 aliphatic carbocycles. The molecule has 0 atom stereocenters. The first-order chi connectivity index (χ1) is 8.65. The first-order valence-corrected chi connectivity index (χ1v) is 5.57. The van der Waals surface area contributed by atoms with Crippen molar-refractivity contribution in [2.45, 2.75) is 0 Å². The maximum absolute atomic E-state index is 11.8. The molecular formula is C10H12N6OS. The Morgan fingerprint density at radius 3 is 2.72 bits per heavy atom. The molecule has 1 fully saturated rings. The SMILES string of the molecule is CN1NN/C(=N\C(=S)NC(=O)c2ccccc2)N1. The molecule has 2 rings (SSSR count). The summed E-state index contributed by atoms with van der Waals surface area (Å²) in [5.74, 6) is 0.125. The molecule has 0 bridgehead atoms. The van der Waals surface area contributed by atoms with Crippen LogP contribution in [-0.2, 0) is 0 Å². The second-order valence-corrected chi connectivity index (χ2v) is 3.88. The van der Waals surface area contributed by atoms with Crippen molar-refractivity contribution in [3.05, 3.63) is 35.9 Å². The minimum atomic E-state index is -0.288. The smallest absolute Gasteiger partial charge is 0.257 e. The van der Waals surface area contributed by atoms with Crippen LogP contribution in [-0.4, -0.2) is 29.1 Å². The summed E-state index contributed by atoms with van der Waals surface area (Å²) in [4.78, 5) is 15.7. The Kier molecular flexibility index (Phi) is 3.82. The van der Waals surface area contributed by atoms with Crippen molar-refractivity contribution < 1.29 is 4.79 Å². The molecule has 8 heteroatoms. The lowest BCUT2D eigenvalue weighted by molar-refractivity contribution is 0.0977. The van der Waals surface area contributed by atoms with E-state index >= 15 is 0 Å². The minimum absolute atomic E-state index is 0.0796. The highest BCUT2D eigenvalue weighted by molar-refractivity contribution is 7.80. The first kappa shape index (κ1) is 12.4. The number of carbonyl (C=O) groups is 1. The van der Waals surface area contributed by atoms with Crippen LogP contribution in [0.15, 0.2) is 35.3 Å². The van der Waals surface area contributed by atoms with Crippen molar-refractivity contribution in [1.82, 2.24) is 26.8 Å². The van der Waals surface area contributed by atoms with Gasteiger partial charge in [-0.25, -0.2) is 0 Å². The third-order valence-electron chi connectivity index (χ3n) is 2.09. The van der Waals surface area contributed by atoms with Gasteiger partial charge in [0.1, 0.15) is 0 Å². The summed E-state index contributed by atoms with van der Waals surface area (Å²) in [5, 5.41) is 4.15. The standard InChI is InChI=1S/C10H12N6OS/c1-16-14-9(13-15-16)12-10(18)11-8(17)7-5-3-2-4-6-7/h2-6,15H,1H3,(H3,11,12,13,14,17,18). The van der Waals surface area contributed by atoms with Crippen LogP contribution >= 0.6 is 12.2 Å². The fourth-order valence-corrected chi connectivity index (χ4v) is 1.48. The lowest BCUT2D eigenvalue weighted by Crippen LogP contribution is -2.36. The Morgan fingerprint density at radius 2 is 2.11 bits per heavy atom. The van der Waals surface area contributed by atoms with Gasteiger partial charge in [0, 0.05) is 12.6 Å². The summed E-state index contributed by atoms with van der Waals surface area (Å²) < 4.78 is 0. The molecule has 1 aromatic rings. The van der Waals surface area contributed by atoms with Crippen LogP contribution in [0.3, 0.4) is 0 Å². The van der Waals surface area contributed by atoms with Crippen LogP contribution in [0.1, 0.15) is 10.4 Å². The molecule has 94 valence electrons. The molecule has 0 aromatic heterocycles. The van der Waals surface area contributed by atoms with Crippen LogP contribution < -0.4 is 21.7 Å². The van der Waals surface area contributed by atoms with Crippen molar-refractivity contribution in [1.29, 1.82) is 0 Å². The lowest BCUT2D eigenvalue weighted by atomic mass is 10.2. The van der Waals surface area contributed by atoms with Gasteiger partial charge >= 0.3 is 0 Å². The van der Waals surface area contributed by atoms with Gasteiger partial charge in [-0.2, -0.15) is 4.99 Å². The molecule has 7 nitrogen and oxygen atoms in total. The number of nitrogens with one attached hydrogen (secondary N) is 4. The van der Waals surface area contributed by atoms with Gasteiger partial charge in [-0.3, -0.25) is 21.0 Å². The van der Waals surface area contributed by atoms with Crippen molar-refractivity contribution in [2.24, 2.45) is 4.99 Å². The highest BCUT2D eigenvalue weighted by Gasteiger charge is 2.12. The van der Waals surface area contributed by atoms with Crippen molar-refractivity contribution in [3.8, 4) is 0 Å². The number of hydrogen-bond acceptors (Lipinski definition) is 4. The van der Waals surface area contributed by atoms with E-state index in [2.05, 4.69) is 26.7 Å². The largest absolute Gasteiger partial charge is 0.297 e. The van der Waals surface area contributed by atoms with E-state index in [1.165, 1.54) is 0 Å². The molecule has 1 heterocycles. The highest BCUT2D eigenvalue weighted by atomic mass is 32.1. The predicted molar refractivity (Wildman–Crippen MR) is 71.1 cm³/mol. The van der Waals surface area contributed by atoms with E-state index in [-0.39, 0.29) is 11.0 Å². The number of nitrogens with zero attached hydrogens (tertiary/aromatic N) is 2. The fraction of sp³-hybridized carbons (Fsp3) is 0.100. The van der Waals surface area contributed by atoms with Crippen LogP contribution in [0.25, 0.3) is 0 Å². The van der Waals surface area contributed by atoms with Crippen LogP contribution in [0.4, 0.5) is 0 Å². The van der Waals surface area contributed by atoms with E-state index in [9.17, 15) is 4.79 Å². The van der Waals surface area contributed by atoms with Gasteiger partial charge in [0.25, 0.3) is 5.91 Å². The second-order valence-electron chi connectivity index (χ2n) is 3.49. The zero-order valence-corrected chi connectivity index (χ0v) is 10.4. The van der Waals surface area contributed by atoms with Gasteiger partial charge in [0.15, 0.2) is 0 Å². The number of aliphatic imine (C=N–C) groups is 1. The average Bonchev–Trinajstić information content (AvgIpc) is 2.75. The zero-order valence-electron chi connectivity index (χ0n) is 9.60. The van der Waals surface area contributed by atoms with Crippen LogP contribution in [0.2, 0.25) is 0 Å². The Labute approximate surface area is 109 Å². The Hall–Kier alpha value is -2.03. The van der Waals surface area contributed by atoms with E-state index in [1.807, 2.05) is 6.07 Å². The molecule has 1 aromatic carbocycles. The van der Waals surface area contributed by atoms with E-state index in [1.54, 1.807) is 36.4 Å². The maximum atomic E-state index is 11.8. The third-order valence-corrected chi connectivity index (χ3v) is 2.28. The quantitative estimate of drug-likeness (QED) is 0.513. The first-order valence-electron chi connectivity index (χ1n) is 5.16. The fourth-order valence-electron chi connectivity index (χ4n) is 1.29. The van der Waals surface area contributed by atoms with Gasteiger partial charge in [0.05, 0.1) is 0 Å². The average molecular weight is 264 g/mol. The van der Waals surface area contributed by atoms with Crippen molar-refractivity contribution >= 4 is 29.2 Å². The molecule has 1 saturated heterocycles. The molecule has 0 spiro atoms. The number of hydrazine groups is 3. The number of rotatable bonds is 1.